The van der Waals surface area contributed by atoms with E-state index < -0.39 is 6.09 Å². The highest BCUT2D eigenvalue weighted by atomic mass is 16.6. The third-order valence-electron chi connectivity index (χ3n) is 3.59. The van der Waals surface area contributed by atoms with E-state index in [0.717, 1.165) is 12.2 Å². The Hall–Kier alpha value is -2.82. The fraction of sp³-hybridized carbons (Fsp3) is 0.300. The first-order valence-electron chi connectivity index (χ1n) is 8.54. The summed E-state index contributed by atoms with van der Waals surface area (Å²) in [7, 11) is 0. The first kappa shape index (κ1) is 18.5. The normalized spacial score (nSPS) is 10.1. The van der Waals surface area contributed by atoms with Crippen LogP contribution in [0, 0.1) is 5.41 Å². The Bertz CT molecular complexity index is 669. The van der Waals surface area contributed by atoms with Gasteiger partial charge in [0, 0.05) is 5.56 Å². The Morgan fingerprint density at radius 2 is 1.64 bits per heavy atom. The third-order valence-corrected chi connectivity index (χ3v) is 3.59. The highest BCUT2D eigenvalue weighted by Crippen LogP contribution is 2.18. The molecule has 0 aliphatic rings. The lowest BCUT2D eigenvalue weighted by molar-refractivity contribution is 0.206. The quantitative estimate of drug-likeness (QED) is 0.413. The molecule has 132 valence electrons. The zero-order chi connectivity index (χ0) is 17.9. The van der Waals surface area contributed by atoms with Crippen LogP contribution in [0.3, 0.4) is 0 Å². The van der Waals surface area contributed by atoms with Gasteiger partial charge in [-0.05, 0) is 30.7 Å². The summed E-state index contributed by atoms with van der Waals surface area (Å²) in [6, 6.07) is 15.8. The average Bonchev–Trinajstić information content (AvgIpc) is 2.63. The van der Waals surface area contributed by atoms with Crippen molar-refractivity contribution in [3.63, 3.8) is 0 Å². The first-order valence-corrected chi connectivity index (χ1v) is 8.54. The fourth-order valence-electron chi connectivity index (χ4n) is 2.23. The first-order chi connectivity index (χ1) is 12.2. The third kappa shape index (κ3) is 6.67. The summed E-state index contributed by atoms with van der Waals surface area (Å²) < 4.78 is 10.8. The standard InChI is InChI=1S/C20H24N2O3/c1-2-3-4-8-15-24-17-11-13-18(14-12-17)25-20(23)22-19(21)16-9-6-5-7-10-16/h5-7,9-14H,2-4,8,15H2,1H3,(H2,21,22,23). The van der Waals surface area contributed by atoms with E-state index in [2.05, 4.69) is 12.2 Å². The summed E-state index contributed by atoms with van der Waals surface area (Å²) in [5, 5.41) is 10.3. The van der Waals surface area contributed by atoms with Crippen molar-refractivity contribution in [2.45, 2.75) is 32.6 Å². The number of hydrogen-bond acceptors (Lipinski definition) is 4. The lowest BCUT2D eigenvalue weighted by Gasteiger charge is -2.09. The number of amides is 1. The van der Waals surface area contributed by atoms with Crippen molar-refractivity contribution >= 4 is 11.9 Å². The van der Waals surface area contributed by atoms with Crippen molar-refractivity contribution in [1.29, 1.82) is 5.41 Å². The topological polar surface area (TPSA) is 71.4 Å². The Kier molecular flexibility index (Phi) is 7.50. The maximum absolute atomic E-state index is 11.8. The molecule has 0 atom stereocenters. The average molecular weight is 340 g/mol. The van der Waals surface area contributed by atoms with E-state index in [1.54, 1.807) is 48.5 Å². The lowest BCUT2D eigenvalue weighted by Crippen LogP contribution is -2.32. The number of amidine groups is 1. The van der Waals surface area contributed by atoms with Crippen molar-refractivity contribution < 1.29 is 14.3 Å². The van der Waals surface area contributed by atoms with E-state index >= 15 is 0 Å². The molecule has 0 aliphatic heterocycles. The summed E-state index contributed by atoms with van der Waals surface area (Å²) in [6.07, 6.45) is 3.95. The molecule has 5 heteroatoms. The number of hydrogen-bond donors (Lipinski definition) is 2. The molecule has 0 radical (unpaired) electrons. The van der Waals surface area contributed by atoms with Crippen LogP contribution < -0.4 is 14.8 Å². The lowest BCUT2D eigenvalue weighted by atomic mass is 10.2. The van der Waals surface area contributed by atoms with Gasteiger partial charge in [0.15, 0.2) is 0 Å². The van der Waals surface area contributed by atoms with Gasteiger partial charge < -0.3 is 9.47 Å². The predicted molar refractivity (Wildman–Crippen MR) is 98.5 cm³/mol. The van der Waals surface area contributed by atoms with Gasteiger partial charge in [0.25, 0.3) is 0 Å². The van der Waals surface area contributed by atoms with E-state index in [4.69, 9.17) is 14.9 Å². The molecule has 0 saturated heterocycles. The van der Waals surface area contributed by atoms with E-state index in [-0.39, 0.29) is 5.84 Å². The second-order valence-corrected chi connectivity index (χ2v) is 5.64. The zero-order valence-electron chi connectivity index (χ0n) is 14.5. The van der Waals surface area contributed by atoms with Gasteiger partial charge in [0.05, 0.1) is 6.61 Å². The molecule has 0 spiro atoms. The number of carbonyl (C=O) groups excluding carboxylic acids is 1. The molecule has 0 heterocycles. The van der Waals surface area contributed by atoms with Crippen LogP contribution in [0.2, 0.25) is 0 Å². The molecule has 0 unspecified atom stereocenters. The molecular weight excluding hydrogens is 316 g/mol. The molecule has 1 amide bonds. The summed E-state index contributed by atoms with van der Waals surface area (Å²) in [5.74, 6) is 1.15. The van der Waals surface area contributed by atoms with Gasteiger partial charge in [-0.2, -0.15) is 0 Å². The summed E-state index contributed by atoms with van der Waals surface area (Å²) in [6.45, 7) is 2.87. The Morgan fingerprint density at radius 3 is 2.32 bits per heavy atom. The number of carbonyl (C=O) groups is 1. The summed E-state index contributed by atoms with van der Waals surface area (Å²) in [5.41, 5.74) is 0.617. The number of rotatable bonds is 8. The molecule has 0 aliphatic carbocycles. The Balaban J connectivity index is 1.76. The van der Waals surface area contributed by atoms with Crippen LogP contribution in [0.4, 0.5) is 4.79 Å². The number of benzene rings is 2. The summed E-state index contributed by atoms with van der Waals surface area (Å²) in [4.78, 5) is 11.8. The van der Waals surface area contributed by atoms with Gasteiger partial charge in [-0.15, -0.1) is 0 Å². The second-order valence-electron chi connectivity index (χ2n) is 5.64. The molecule has 2 aromatic rings. The van der Waals surface area contributed by atoms with E-state index in [1.807, 2.05) is 6.07 Å². The minimum absolute atomic E-state index is 0.00219. The molecular formula is C20H24N2O3. The van der Waals surface area contributed by atoms with E-state index in [1.165, 1.54) is 19.3 Å². The number of nitrogens with one attached hydrogen (secondary N) is 2. The highest BCUT2D eigenvalue weighted by Gasteiger charge is 2.08. The molecule has 0 saturated carbocycles. The largest absolute Gasteiger partial charge is 0.494 e. The van der Waals surface area contributed by atoms with Crippen molar-refractivity contribution in [2.24, 2.45) is 0 Å². The number of unbranched alkanes of at least 4 members (excludes halogenated alkanes) is 3. The van der Waals surface area contributed by atoms with E-state index in [9.17, 15) is 4.79 Å². The molecule has 2 aromatic carbocycles. The van der Waals surface area contributed by atoms with Gasteiger partial charge in [-0.25, -0.2) is 4.79 Å². The number of ether oxygens (including phenoxy) is 2. The van der Waals surface area contributed by atoms with Crippen LogP contribution in [0.25, 0.3) is 0 Å². The minimum atomic E-state index is -0.693. The van der Waals surface area contributed by atoms with Crippen LogP contribution in [-0.4, -0.2) is 18.5 Å². The van der Waals surface area contributed by atoms with Crippen LogP contribution in [-0.2, 0) is 0 Å². The molecule has 0 bridgehead atoms. The van der Waals surface area contributed by atoms with Crippen molar-refractivity contribution in [3.8, 4) is 11.5 Å². The molecule has 2 rings (SSSR count). The Labute approximate surface area is 148 Å². The van der Waals surface area contributed by atoms with Crippen molar-refractivity contribution in [1.82, 2.24) is 5.32 Å². The zero-order valence-corrected chi connectivity index (χ0v) is 14.5. The van der Waals surface area contributed by atoms with Crippen LogP contribution >= 0.6 is 0 Å². The van der Waals surface area contributed by atoms with E-state index in [0.29, 0.717) is 17.9 Å². The van der Waals surface area contributed by atoms with Crippen molar-refractivity contribution in [2.75, 3.05) is 6.61 Å². The Morgan fingerprint density at radius 1 is 0.960 bits per heavy atom. The van der Waals surface area contributed by atoms with Gasteiger partial charge in [-0.3, -0.25) is 10.7 Å². The summed E-state index contributed by atoms with van der Waals surface area (Å²) >= 11 is 0. The molecule has 25 heavy (non-hydrogen) atoms. The minimum Gasteiger partial charge on any atom is -0.494 e. The molecule has 2 N–H and O–H groups in total. The maximum Gasteiger partial charge on any atom is 0.418 e. The molecule has 0 aromatic heterocycles. The van der Waals surface area contributed by atoms with Crippen molar-refractivity contribution in [3.05, 3.63) is 60.2 Å². The maximum atomic E-state index is 11.8. The van der Waals surface area contributed by atoms with Gasteiger partial charge in [-0.1, -0.05) is 56.5 Å². The van der Waals surface area contributed by atoms with Gasteiger partial charge >= 0.3 is 6.09 Å². The smallest absolute Gasteiger partial charge is 0.418 e. The van der Waals surface area contributed by atoms with Crippen LogP contribution in [0.15, 0.2) is 54.6 Å². The molecule has 5 nitrogen and oxygen atoms in total. The SMILES string of the molecule is CCCCCCOc1ccc(OC(=O)NC(=N)c2ccccc2)cc1. The van der Waals surface area contributed by atoms with Crippen LogP contribution in [0.5, 0.6) is 11.5 Å². The van der Waals surface area contributed by atoms with Gasteiger partial charge in [0.2, 0.25) is 0 Å². The second kappa shape index (κ2) is 10.1. The monoisotopic (exact) mass is 340 g/mol. The van der Waals surface area contributed by atoms with Gasteiger partial charge in [0.1, 0.15) is 17.3 Å². The van der Waals surface area contributed by atoms with Crippen LogP contribution in [0.1, 0.15) is 38.2 Å². The predicted octanol–water partition coefficient (Wildman–Crippen LogP) is 4.76. The highest BCUT2D eigenvalue weighted by molar-refractivity contribution is 6.04. The molecule has 0 fully saturated rings. The fourth-order valence-corrected chi connectivity index (χ4v) is 2.23.